The number of hydrogen-bond donors (Lipinski definition) is 0. The fourth-order valence-electron chi connectivity index (χ4n) is 1.37. The van der Waals surface area contributed by atoms with Crippen LogP contribution in [0.3, 0.4) is 0 Å². The van der Waals surface area contributed by atoms with Gasteiger partial charge in [-0.2, -0.15) is 5.26 Å². The van der Waals surface area contributed by atoms with E-state index >= 15 is 0 Å². The maximum atomic E-state index is 10.5. The van der Waals surface area contributed by atoms with Gasteiger partial charge in [0.2, 0.25) is 0 Å². The third-order valence-electron chi connectivity index (χ3n) is 2.27. The highest BCUT2D eigenvalue weighted by Gasteiger charge is 2.04. The van der Waals surface area contributed by atoms with Crippen molar-refractivity contribution in [3.8, 4) is 11.8 Å². The summed E-state index contributed by atoms with van der Waals surface area (Å²) in [5, 5.41) is 8.90. The molecule has 0 fully saturated rings. The van der Waals surface area contributed by atoms with Gasteiger partial charge in [0.1, 0.15) is 18.1 Å². The monoisotopic (exact) mass is 217 g/mol. The van der Waals surface area contributed by atoms with Crippen LogP contribution in [0.5, 0.6) is 5.75 Å². The summed E-state index contributed by atoms with van der Waals surface area (Å²) in [4.78, 5) is 10.5. The number of carbonyl (C=O) groups excluding carboxylic acids is 1. The van der Waals surface area contributed by atoms with Gasteiger partial charge >= 0.3 is 0 Å². The summed E-state index contributed by atoms with van der Waals surface area (Å²) in [6, 6.07) is 6.90. The predicted molar refractivity (Wildman–Crippen MR) is 61.6 cm³/mol. The van der Waals surface area contributed by atoms with Crippen LogP contribution in [0.4, 0.5) is 0 Å². The predicted octanol–water partition coefficient (Wildman–Crippen LogP) is 2.94. The van der Waals surface area contributed by atoms with E-state index in [-0.39, 0.29) is 0 Å². The molecule has 0 aliphatic rings. The highest BCUT2D eigenvalue weighted by Crippen LogP contribution is 2.19. The lowest BCUT2D eigenvalue weighted by Crippen LogP contribution is -1.99. The normalized spacial score (nSPS) is 9.50. The molecule has 84 valence electrons. The van der Waals surface area contributed by atoms with Crippen LogP contribution in [-0.2, 0) is 0 Å². The summed E-state index contributed by atoms with van der Waals surface area (Å²) in [5.74, 6) is 0.559. The van der Waals surface area contributed by atoms with E-state index in [1.807, 2.05) is 6.07 Å². The number of unbranched alkanes of at least 4 members (excludes halogenated alkanes) is 2. The van der Waals surface area contributed by atoms with Crippen LogP contribution in [0.1, 0.15) is 42.1 Å². The molecule has 0 amide bonds. The van der Waals surface area contributed by atoms with Crippen LogP contribution in [0.15, 0.2) is 18.2 Å². The number of benzene rings is 1. The molecule has 0 spiro atoms. The molecule has 0 heterocycles. The van der Waals surface area contributed by atoms with E-state index in [4.69, 9.17) is 10.00 Å². The fourth-order valence-corrected chi connectivity index (χ4v) is 1.37. The quantitative estimate of drug-likeness (QED) is 0.543. The topological polar surface area (TPSA) is 50.1 Å². The number of nitrogens with zero attached hydrogens (tertiary/aromatic N) is 1. The molecule has 0 saturated carbocycles. The molecule has 0 radical (unpaired) electrons. The number of carbonyl (C=O) groups is 1. The van der Waals surface area contributed by atoms with Gasteiger partial charge in [-0.05, 0) is 24.6 Å². The molecule has 3 nitrogen and oxygen atoms in total. The third-order valence-corrected chi connectivity index (χ3v) is 2.27. The first-order chi connectivity index (χ1) is 7.81. The molecule has 0 bridgehead atoms. The maximum Gasteiger partial charge on any atom is 0.150 e. The van der Waals surface area contributed by atoms with E-state index in [9.17, 15) is 4.79 Å². The lowest BCUT2D eigenvalue weighted by Gasteiger charge is -2.07. The second kappa shape index (κ2) is 6.62. The fraction of sp³-hybridized carbons (Fsp3) is 0.385. The maximum absolute atomic E-state index is 10.5. The van der Waals surface area contributed by atoms with Gasteiger partial charge in [-0.3, -0.25) is 4.79 Å². The zero-order valence-corrected chi connectivity index (χ0v) is 9.40. The Balaban J connectivity index is 2.65. The molecule has 1 aromatic rings. The van der Waals surface area contributed by atoms with Crippen molar-refractivity contribution in [2.24, 2.45) is 0 Å². The Morgan fingerprint density at radius 3 is 2.88 bits per heavy atom. The van der Waals surface area contributed by atoms with Gasteiger partial charge in [0.15, 0.2) is 0 Å². The summed E-state index contributed by atoms with van der Waals surface area (Å²) < 4.78 is 5.49. The highest BCUT2D eigenvalue weighted by atomic mass is 16.5. The average Bonchev–Trinajstić information content (AvgIpc) is 2.34. The Morgan fingerprint density at radius 2 is 2.25 bits per heavy atom. The van der Waals surface area contributed by atoms with Crippen LogP contribution in [0.25, 0.3) is 0 Å². The van der Waals surface area contributed by atoms with Gasteiger partial charge < -0.3 is 4.74 Å². The first-order valence-corrected chi connectivity index (χ1v) is 5.44. The minimum absolute atomic E-state index is 0.418. The van der Waals surface area contributed by atoms with Crippen molar-refractivity contribution in [1.29, 1.82) is 5.26 Å². The van der Waals surface area contributed by atoms with Crippen molar-refractivity contribution in [1.82, 2.24) is 0 Å². The molecule has 0 saturated heterocycles. The van der Waals surface area contributed by atoms with Crippen molar-refractivity contribution >= 4 is 6.29 Å². The lowest BCUT2D eigenvalue weighted by atomic mass is 10.1. The zero-order chi connectivity index (χ0) is 11.8. The summed E-state index contributed by atoms with van der Waals surface area (Å²) in [7, 11) is 0. The van der Waals surface area contributed by atoms with Crippen molar-refractivity contribution in [2.45, 2.75) is 26.2 Å². The van der Waals surface area contributed by atoms with Gasteiger partial charge in [-0.15, -0.1) is 0 Å². The summed E-state index contributed by atoms with van der Waals surface area (Å²) >= 11 is 0. The van der Waals surface area contributed by atoms with E-state index < -0.39 is 0 Å². The Morgan fingerprint density at radius 1 is 1.44 bits per heavy atom. The number of rotatable bonds is 6. The molecule has 0 aromatic heterocycles. The SMILES string of the molecule is CCCCCOc1ccc(C=O)cc1C#N. The van der Waals surface area contributed by atoms with Gasteiger partial charge in [0.25, 0.3) is 0 Å². The van der Waals surface area contributed by atoms with Gasteiger partial charge in [0.05, 0.1) is 12.2 Å². The molecular formula is C13H15NO2. The van der Waals surface area contributed by atoms with Crippen LogP contribution in [0, 0.1) is 11.3 Å². The number of ether oxygens (including phenoxy) is 1. The van der Waals surface area contributed by atoms with Gasteiger partial charge in [0, 0.05) is 5.56 Å². The van der Waals surface area contributed by atoms with E-state index in [0.29, 0.717) is 23.5 Å². The standard InChI is InChI=1S/C13H15NO2/c1-2-3-4-7-16-13-6-5-11(10-15)8-12(13)9-14/h5-6,8,10H,2-4,7H2,1H3. The second-order valence-corrected chi connectivity index (χ2v) is 3.54. The number of nitriles is 1. The number of hydrogen-bond acceptors (Lipinski definition) is 3. The van der Waals surface area contributed by atoms with E-state index in [1.165, 1.54) is 0 Å². The van der Waals surface area contributed by atoms with E-state index in [0.717, 1.165) is 25.5 Å². The molecule has 1 rings (SSSR count). The molecule has 1 aromatic carbocycles. The van der Waals surface area contributed by atoms with Crippen LogP contribution in [-0.4, -0.2) is 12.9 Å². The Labute approximate surface area is 95.7 Å². The Bertz CT molecular complexity index is 393. The Hall–Kier alpha value is -1.82. The van der Waals surface area contributed by atoms with Crippen molar-refractivity contribution in [2.75, 3.05) is 6.61 Å². The zero-order valence-electron chi connectivity index (χ0n) is 9.40. The van der Waals surface area contributed by atoms with Crippen LogP contribution < -0.4 is 4.74 Å². The molecular weight excluding hydrogens is 202 g/mol. The average molecular weight is 217 g/mol. The molecule has 16 heavy (non-hydrogen) atoms. The minimum Gasteiger partial charge on any atom is -0.492 e. The van der Waals surface area contributed by atoms with E-state index in [1.54, 1.807) is 18.2 Å². The van der Waals surface area contributed by atoms with Crippen molar-refractivity contribution in [3.63, 3.8) is 0 Å². The highest BCUT2D eigenvalue weighted by molar-refractivity contribution is 5.76. The van der Waals surface area contributed by atoms with Crippen LogP contribution >= 0.6 is 0 Å². The molecule has 0 unspecified atom stereocenters. The number of aldehydes is 1. The minimum atomic E-state index is 0.418. The smallest absolute Gasteiger partial charge is 0.150 e. The van der Waals surface area contributed by atoms with Crippen molar-refractivity contribution in [3.05, 3.63) is 29.3 Å². The summed E-state index contributed by atoms with van der Waals surface area (Å²) in [5.41, 5.74) is 0.915. The third kappa shape index (κ3) is 3.39. The van der Waals surface area contributed by atoms with Gasteiger partial charge in [-0.25, -0.2) is 0 Å². The summed E-state index contributed by atoms with van der Waals surface area (Å²) in [6.45, 7) is 2.74. The molecule has 3 heteroatoms. The van der Waals surface area contributed by atoms with Gasteiger partial charge in [-0.1, -0.05) is 19.8 Å². The largest absolute Gasteiger partial charge is 0.492 e. The summed E-state index contributed by atoms with van der Waals surface area (Å²) in [6.07, 6.45) is 3.96. The second-order valence-electron chi connectivity index (χ2n) is 3.54. The molecule has 0 N–H and O–H groups in total. The molecule has 0 aliphatic carbocycles. The van der Waals surface area contributed by atoms with E-state index in [2.05, 4.69) is 6.92 Å². The lowest BCUT2D eigenvalue weighted by molar-refractivity contribution is 0.112. The first-order valence-electron chi connectivity index (χ1n) is 5.44. The molecule has 0 aliphatic heterocycles. The van der Waals surface area contributed by atoms with Crippen LogP contribution in [0.2, 0.25) is 0 Å². The van der Waals surface area contributed by atoms with Crippen molar-refractivity contribution < 1.29 is 9.53 Å². The molecule has 0 atom stereocenters. The first kappa shape index (κ1) is 12.3. The Kier molecular flexibility index (Phi) is 5.07.